The summed E-state index contributed by atoms with van der Waals surface area (Å²) in [4.78, 5) is 10.7. The van der Waals surface area contributed by atoms with Crippen molar-refractivity contribution < 1.29 is 28.3 Å². The van der Waals surface area contributed by atoms with Crippen LogP contribution in [0.1, 0.15) is 16.1 Å². The molecule has 6 nitrogen and oxygen atoms in total. The molecule has 1 N–H and O–H groups in total. The first-order valence-electron chi connectivity index (χ1n) is 5.62. The number of ether oxygens (including phenoxy) is 2. The number of hydrogen-bond acceptors (Lipinski definition) is 5. The highest BCUT2D eigenvalue weighted by molar-refractivity contribution is 5.85. The van der Waals surface area contributed by atoms with E-state index >= 15 is 0 Å². The monoisotopic (exact) mass is 281 g/mol. The summed E-state index contributed by atoms with van der Waals surface area (Å²) in [6.07, 6.45) is 0. The standard InChI is InChI=1S/C13H12FNO5/c1-18-6-7-3-8(9(14)4-11(7)19-2)10-5-12(13(16)17)20-15-10/h3-5H,6H2,1-2H3,(H,16,17). The van der Waals surface area contributed by atoms with E-state index < -0.39 is 11.8 Å². The molecule has 0 atom stereocenters. The van der Waals surface area contributed by atoms with Crippen LogP contribution in [0.25, 0.3) is 11.3 Å². The Morgan fingerprint density at radius 2 is 2.15 bits per heavy atom. The molecular formula is C13H12FNO5. The molecule has 20 heavy (non-hydrogen) atoms. The first-order chi connectivity index (χ1) is 9.56. The molecule has 7 heteroatoms. The van der Waals surface area contributed by atoms with Gasteiger partial charge in [-0.2, -0.15) is 0 Å². The topological polar surface area (TPSA) is 81.8 Å². The van der Waals surface area contributed by atoms with Crippen LogP contribution in [0, 0.1) is 5.82 Å². The van der Waals surface area contributed by atoms with E-state index in [0.29, 0.717) is 11.3 Å². The van der Waals surface area contributed by atoms with Gasteiger partial charge < -0.3 is 19.1 Å². The van der Waals surface area contributed by atoms with Gasteiger partial charge in [-0.05, 0) is 6.07 Å². The Morgan fingerprint density at radius 3 is 2.70 bits per heavy atom. The Balaban J connectivity index is 2.49. The summed E-state index contributed by atoms with van der Waals surface area (Å²) in [5.74, 6) is -1.87. The van der Waals surface area contributed by atoms with Gasteiger partial charge in [-0.1, -0.05) is 5.16 Å². The number of methoxy groups -OCH3 is 2. The molecule has 0 spiro atoms. The largest absolute Gasteiger partial charge is 0.496 e. The number of aromatic carboxylic acids is 1. The average Bonchev–Trinajstić information content (AvgIpc) is 2.90. The van der Waals surface area contributed by atoms with Crippen LogP contribution in [0.3, 0.4) is 0 Å². The number of hydrogen-bond donors (Lipinski definition) is 1. The lowest BCUT2D eigenvalue weighted by Crippen LogP contribution is -1.97. The molecular weight excluding hydrogens is 269 g/mol. The highest BCUT2D eigenvalue weighted by Gasteiger charge is 2.17. The number of carboxylic acid groups (broad SMARTS) is 1. The van der Waals surface area contributed by atoms with E-state index in [1.165, 1.54) is 26.4 Å². The van der Waals surface area contributed by atoms with Gasteiger partial charge in [-0.3, -0.25) is 0 Å². The van der Waals surface area contributed by atoms with Gasteiger partial charge in [-0.15, -0.1) is 0 Å². The third kappa shape index (κ3) is 2.62. The molecule has 1 aromatic heterocycles. The summed E-state index contributed by atoms with van der Waals surface area (Å²) < 4.78 is 28.7. The van der Waals surface area contributed by atoms with Crippen molar-refractivity contribution in [3.63, 3.8) is 0 Å². The maximum absolute atomic E-state index is 14.0. The van der Waals surface area contributed by atoms with Crippen molar-refractivity contribution in [1.82, 2.24) is 5.16 Å². The Labute approximate surface area is 113 Å². The smallest absolute Gasteiger partial charge is 0.374 e. The molecule has 0 bridgehead atoms. The van der Waals surface area contributed by atoms with Gasteiger partial charge in [0.2, 0.25) is 5.76 Å². The number of carboxylic acids is 1. The Hall–Kier alpha value is -2.41. The maximum atomic E-state index is 14.0. The summed E-state index contributed by atoms with van der Waals surface area (Å²) in [5.41, 5.74) is 0.834. The second kappa shape index (κ2) is 5.70. The summed E-state index contributed by atoms with van der Waals surface area (Å²) in [6.45, 7) is 0.222. The predicted octanol–water partition coefficient (Wildman–Crippen LogP) is 2.33. The van der Waals surface area contributed by atoms with Crippen LogP contribution in [0.15, 0.2) is 22.7 Å². The number of halogens is 1. The third-order valence-corrected chi connectivity index (χ3v) is 2.67. The molecule has 2 rings (SSSR count). The normalized spacial score (nSPS) is 10.6. The molecule has 106 valence electrons. The van der Waals surface area contributed by atoms with Gasteiger partial charge in [0, 0.05) is 30.4 Å². The first kappa shape index (κ1) is 14.0. The summed E-state index contributed by atoms with van der Waals surface area (Å²) in [5, 5.41) is 12.3. The van der Waals surface area contributed by atoms with Crippen molar-refractivity contribution in [2.24, 2.45) is 0 Å². The number of rotatable bonds is 5. The molecule has 1 aromatic carbocycles. The fourth-order valence-electron chi connectivity index (χ4n) is 1.76. The lowest BCUT2D eigenvalue weighted by Gasteiger charge is -2.10. The van der Waals surface area contributed by atoms with E-state index in [1.54, 1.807) is 0 Å². The number of aromatic nitrogens is 1. The minimum absolute atomic E-state index is 0.0971. The molecule has 0 radical (unpaired) electrons. The lowest BCUT2D eigenvalue weighted by atomic mass is 10.1. The van der Waals surface area contributed by atoms with Crippen LogP contribution >= 0.6 is 0 Å². The van der Waals surface area contributed by atoms with Gasteiger partial charge in [0.05, 0.1) is 13.7 Å². The molecule has 2 aromatic rings. The molecule has 0 aliphatic carbocycles. The van der Waals surface area contributed by atoms with E-state index in [1.807, 2.05) is 0 Å². The van der Waals surface area contributed by atoms with Gasteiger partial charge in [0.25, 0.3) is 0 Å². The molecule has 0 unspecified atom stereocenters. The number of nitrogens with zero attached hydrogens (tertiary/aromatic N) is 1. The second-order valence-corrected chi connectivity index (χ2v) is 3.96. The Kier molecular flexibility index (Phi) is 3.99. The van der Waals surface area contributed by atoms with E-state index in [2.05, 4.69) is 9.68 Å². The Morgan fingerprint density at radius 1 is 1.40 bits per heavy atom. The van der Waals surface area contributed by atoms with Gasteiger partial charge in [-0.25, -0.2) is 9.18 Å². The predicted molar refractivity (Wildman–Crippen MR) is 66.1 cm³/mol. The van der Waals surface area contributed by atoms with Crippen molar-refractivity contribution in [2.45, 2.75) is 6.61 Å². The van der Waals surface area contributed by atoms with Crippen molar-refractivity contribution in [3.8, 4) is 17.0 Å². The SMILES string of the molecule is COCc1cc(-c2cc(C(=O)O)on2)c(F)cc1OC. The highest BCUT2D eigenvalue weighted by Crippen LogP contribution is 2.30. The molecule has 0 saturated heterocycles. The molecule has 1 heterocycles. The first-order valence-corrected chi connectivity index (χ1v) is 5.62. The second-order valence-electron chi connectivity index (χ2n) is 3.96. The zero-order chi connectivity index (χ0) is 14.7. The minimum Gasteiger partial charge on any atom is -0.496 e. The summed E-state index contributed by atoms with van der Waals surface area (Å²) in [6, 6.07) is 3.84. The van der Waals surface area contributed by atoms with E-state index in [-0.39, 0.29) is 23.6 Å². The zero-order valence-corrected chi connectivity index (χ0v) is 10.8. The Bertz CT molecular complexity index is 638. The molecule has 0 fully saturated rings. The van der Waals surface area contributed by atoms with Crippen LogP contribution in [-0.4, -0.2) is 30.5 Å². The fourth-order valence-corrected chi connectivity index (χ4v) is 1.76. The van der Waals surface area contributed by atoms with Crippen molar-refractivity contribution in [1.29, 1.82) is 0 Å². The van der Waals surface area contributed by atoms with E-state index in [4.69, 9.17) is 14.6 Å². The van der Waals surface area contributed by atoms with Crippen LogP contribution in [0.2, 0.25) is 0 Å². The number of benzene rings is 1. The van der Waals surface area contributed by atoms with Crippen molar-refractivity contribution in [2.75, 3.05) is 14.2 Å². The van der Waals surface area contributed by atoms with Gasteiger partial charge in [0.15, 0.2) is 0 Å². The van der Waals surface area contributed by atoms with Gasteiger partial charge >= 0.3 is 5.97 Å². The fraction of sp³-hybridized carbons (Fsp3) is 0.231. The molecule has 0 saturated carbocycles. The lowest BCUT2D eigenvalue weighted by molar-refractivity contribution is 0.0652. The van der Waals surface area contributed by atoms with E-state index in [9.17, 15) is 9.18 Å². The summed E-state index contributed by atoms with van der Waals surface area (Å²) in [7, 11) is 2.92. The van der Waals surface area contributed by atoms with Crippen LogP contribution < -0.4 is 4.74 Å². The van der Waals surface area contributed by atoms with Crippen LogP contribution in [-0.2, 0) is 11.3 Å². The zero-order valence-electron chi connectivity index (χ0n) is 10.8. The quantitative estimate of drug-likeness (QED) is 0.905. The summed E-state index contributed by atoms with van der Waals surface area (Å²) >= 11 is 0. The van der Waals surface area contributed by atoms with Crippen LogP contribution in [0.4, 0.5) is 4.39 Å². The van der Waals surface area contributed by atoms with Crippen molar-refractivity contribution >= 4 is 5.97 Å². The van der Waals surface area contributed by atoms with E-state index in [0.717, 1.165) is 6.07 Å². The maximum Gasteiger partial charge on any atom is 0.374 e. The van der Waals surface area contributed by atoms with Crippen LogP contribution in [0.5, 0.6) is 5.75 Å². The molecule has 0 aliphatic heterocycles. The third-order valence-electron chi connectivity index (χ3n) is 2.67. The number of carbonyl (C=O) groups is 1. The molecule has 0 amide bonds. The van der Waals surface area contributed by atoms with Crippen molar-refractivity contribution in [3.05, 3.63) is 35.3 Å². The van der Waals surface area contributed by atoms with Gasteiger partial charge in [0.1, 0.15) is 17.3 Å². The molecule has 0 aliphatic rings. The minimum atomic E-state index is -1.27. The highest BCUT2D eigenvalue weighted by atomic mass is 19.1. The average molecular weight is 281 g/mol.